The largest absolute Gasteiger partial charge is 0.469 e. The molecule has 9 nitrogen and oxygen atoms in total. The van der Waals surface area contributed by atoms with Crippen LogP contribution in [-0.2, 0) is 13.9 Å². The van der Waals surface area contributed by atoms with E-state index in [4.69, 9.17) is 25.2 Å². The van der Waals surface area contributed by atoms with E-state index in [1.807, 2.05) is 0 Å². The fourth-order valence-electron chi connectivity index (χ4n) is 0.505. The lowest BCUT2D eigenvalue weighted by Crippen LogP contribution is -2.42. The van der Waals surface area contributed by atoms with Gasteiger partial charge in [0, 0.05) is 0 Å². The Hall–Kier alpha value is -0.540. The van der Waals surface area contributed by atoms with Crippen molar-refractivity contribution in [1.82, 2.24) is 5.48 Å². The van der Waals surface area contributed by atoms with Gasteiger partial charge in [-0.2, -0.15) is 0 Å². The van der Waals surface area contributed by atoms with Crippen molar-refractivity contribution in [3.05, 3.63) is 0 Å². The van der Waals surface area contributed by atoms with Crippen LogP contribution in [0.25, 0.3) is 0 Å². The molecule has 10 heteroatoms. The molecule has 1 amide bonds. The molecule has 0 aromatic heterocycles. The fraction of sp³-hybridized carbons (Fsp3) is 0.750. The Morgan fingerprint density at radius 1 is 1.43 bits per heavy atom. The minimum atomic E-state index is -4.76. The Morgan fingerprint density at radius 3 is 2.29 bits per heavy atom. The average Bonchev–Trinajstić information content (AvgIpc) is 2.10. The molecule has 0 fully saturated rings. The predicted molar refractivity (Wildman–Crippen MR) is 39.9 cm³/mol. The van der Waals surface area contributed by atoms with E-state index >= 15 is 0 Å². The molecule has 0 unspecified atom stereocenters. The first-order valence-electron chi connectivity index (χ1n) is 3.28. The van der Waals surface area contributed by atoms with Gasteiger partial charge in [-0.25, -0.2) is 10.0 Å². The summed E-state index contributed by atoms with van der Waals surface area (Å²) in [4.78, 5) is 26.8. The summed E-state index contributed by atoms with van der Waals surface area (Å²) in [5.74, 6) is -1.31. The van der Waals surface area contributed by atoms with E-state index in [1.165, 1.54) is 0 Å². The molecule has 0 saturated heterocycles. The van der Waals surface area contributed by atoms with Crippen molar-refractivity contribution < 1.29 is 39.1 Å². The van der Waals surface area contributed by atoms with Gasteiger partial charge in [-0.1, -0.05) is 0 Å². The van der Waals surface area contributed by atoms with Crippen LogP contribution >= 0.6 is 7.82 Å². The van der Waals surface area contributed by atoms with Crippen LogP contribution in [-0.4, -0.2) is 49.9 Å². The number of phosphoric acid groups is 1. The first kappa shape index (κ1) is 13.5. The second-order valence-electron chi connectivity index (χ2n) is 2.27. The van der Waals surface area contributed by atoms with E-state index in [0.717, 1.165) is 5.48 Å². The van der Waals surface area contributed by atoms with Gasteiger partial charge in [-0.3, -0.25) is 14.5 Å². The van der Waals surface area contributed by atoms with Crippen molar-refractivity contribution in [3.8, 4) is 0 Å². The zero-order valence-corrected chi connectivity index (χ0v) is 7.66. The van der Waals surface area contributed by atoms with E-state index in [0.29, 0.717) is 0 Å². The zero-order valence-electron chi connectivity index (χ0n) is 6.77. The van der Waals surface area contributed by atoms with Gasteiger partial charge < -0.3 is 20.0 Å². The molecule has 0 aromatic rings. The number of hydrogen-bond acceptors (Lipinski definition) is 6. The highest BCUT2D eigenvalue weighted by atomic mass is 31.2. The molecule has 84 valence electrons. The summed E-state index contributed by atoms with van der Waals surface area (Å²) in [6.45, 7) is -0.946. The minimum Gasteiger partial charge on any atom is -0.387 e. The number of carbonyl (C=O) groups excluding carboxylic acids is 1. The van der Waals surface area contributed by atoms with Gasteiger partial charge in [0.15, 0.2) is 6.10 Å². The number of rotatable bonds is 5. The third-order valence-electron chi connectivity index (χ3n) is 1.16. The quantitative estimate of drug-likeness (QED) is 0.170. The van der Waals surface area contributed by atoms with E-state index in [2.05, 4.69) is 4.52 Å². The van der Waals surface area contributed by atoms with Crippen LogP contribution in [0.4, 0.5) is 0 Å². The third kappa shape index (κ3) is 5.25. The van der Waals surface area contributed by atoms with E-state index < -0.39 is 32.5 Å². The molecule has 0 rings (SSSR count). The normalized spacial score (nSPS) is 16.1. The topological polar surface area (TPSA) is 157 Å². The minimum absolute atomic E-state index is 0.946. The maximum atomic E-state index is 10.5. The summed E-state index contributed by atoms with van der Waals surface area (Å²) < 4.78 is 13.9. The highest BCUT2D eigenvalue weighted by molar-refractivity contribution is 7.46. The second-order valence-corrected chi connectivity index (χ2v) is 3.51. The molecular weight excluding hydrogens is 221 g/mol. The molecule has 14 heavy (non-hydrogen) atoms. The van der Waals surface area contributed by atoms with Crippen molar-refractivity contribution >= 4 is 13.7 Å². The molecule has 2 atom stereocenters. The molecule has 0 saturated carbocycles. The summed E-state index contributed by atoms with van der Waals surface area (Å²) in [5.41, 5.74) is 1.04. The maximum Gasteiger partial charge on any atom is 0.469 e. The predicted octanol–water partition coefficient (Wildman–Crippen LogP) is -2.68. The summed E-state index contributed by atoms with van der Waals surface area (Å²) in [6, 6.07) is 0. The van der Waals surface area contributed by atoms with Gasteiger partial charge in [-0.05, 0) is 0 Å². The van der Waals surface area contributed by atoms with Crippen LogP contribution in [0, 0.1) is 0 Å². The highest BCUT2D eigenvalue weighted by Gasteiger charge is 2.26. The Bertz CT molecular complexity index is 237. The average molecular weight is 231 g/mol. The van der Waals surface area contributed by atoms with Gasteiger partial charge in [0.1, 0.15) is 6.10 Å². The molecule has 6 N–H and O–H groups in total. The molecule has 0 spiro atoms. The Balaban J connectivity index is 4.02. The number of amides is 1. The smallest absolute Gasteiger partial charge is 0.387 e. The maximum absolute atomic E-state index is 10.5. The van der Waals surface area contributed by atoms with E-state index in [1.54, 1.807) is 0 Å². The van der Waals surface area contributed by atoms with Crippen molar-refractivity contribution in [1.29, 1.82) is 0 Å². The lowest BCUT2D eigenvalue weighted by atomic mass is 10.2. The number of carbonyl (C=O) groups is 1. The van der Waals surface area contributed by atoms with Gasteiger partial charge in [0.25, 0.3) is 5.91 Å². The number of hydroxylamine groups is 1. The highest BCUT2D eigenvalue weighted by Crippen LogP contribution is 2.35. The molecule has 0 bridgehead atoms. The first-order chi connectivity index (χ1) is 6.28. The van der Waals surface area contributed by atoms with Crippen molar-refractivity contribution in [3.63, 3.8) is 0 Å². The van der Waals surface area contributed by atoms with Crippen molar-refractivity contribution in [2.24, 2.45) is 0 Å². The van der Waals surface area contributed by atoms with Gasteiger partial charge in [-0.15, -0.1) is 0 Å². The second kappa shape index (κ2) is 5.37. The van der Waals surface area contributed by atoms with Crippen molar-refractivity contribution in [2.45, 2.75) is 12.2 Å². The summed E-state index contributed by atoms with van der Waals surface area (Å²) in [6.07, 6.45) is -3.89. The molecule has 0 aliphatic carbocycles. The summed E-state index contributed by atoms with van der Waals surface area (Å²) in [7, 11) is -4.76. The third-order valence-corrected chi connectivity index (χ3v) is 1.64. The molecule has 0 heterocycles. The SMILES string of the molecule is O=C(NO)[C@H](O)[C@@H](O)COP(=O)(O)O. The Morgan fingerprint density at radius 2 is 1.93 bits per heavy atom. The lowest BCUT2D eigenvalue weighted by Gasteiger charge is -2.15. The van der Waals surface area contributed by atoms with Crippen LogP contribution < -0.4 is 5.48 Å². The molecular formula is C4H10NO8P. The van der Waals surface area contributed by atoms with Gasteiger partial charge in [0.05, 0.1) is 6.61 Å². The van der Waals surface area contributed by atoms with Gasteiger partial charge in [0.2, 0.25) is 0 Å². The monoisotopic (exact) mass is 231 g/mol. The Kier molecular flexibility index (Phi) is 5.16. The number of aliphatic hydroxyl groups is 2. The number of hydrogen-bond donors (Lipinski definition) is 6. The van der Waals surface area contributed by atoms with Crippen molar-refractivity contribution in [2.75, 3.05) is 6.61 Å². The van der Waals surface area contributed by atoms with E-state index in [9.17, 15) is 9.36 Å². The Labute approximate surface area is 78.1 Å². The van der Waals surface area contributed by atoms with Crippen LogP contribution in [0.2, 0.25) is 0 Å². The molecule has 0 radical (unpaired) electrons. The van der Waals surface area contributed by atoms with E-state index in [-0.39, 0.29) is 0 Å². The van der Waals surface area contributed by atoms with Crippen LogP contribution in [0.3, 0.4) is 0 Å². The molecule has 0 aliphatic heterocycles. The standard InChI is InChI=1S/C4H10NO8P/c6-2(1-13-14(10,11)12)3(7)4(8)5-9/h2-3,6-7,9H,1H2,(H,5,8)(H2,10,11,12)/t2-,3+/m0/s1. The number of aliphatic hydroxyl groups excluding tert-OH is 2. The van der Waals surface area contributed by atoms with Crippen LogP contribution in [0.1, 0.15) is 0 Å². The zero-order chi connectivity index (χ0) is 11.4. The molecule has 0 aliphatic rings. The summed E-state index contributed by atoms with van der Waals surface area (Å²) in [5, 5.41) is 25.7. The fourth-order valence-corrected chi connectivity index (χ4v) is 0.852. The first-order valence-corrected chi connectivity index (χ1v) is 4.81. The van der Waals surface area contributed by atoms with Crippen LogP contribution in [0.5, 0.6) is 0 Å². The van der Waals surface area contributed by atoms with Gasteiger partial charge >= 0.3 is 7.82 Å². The number of phosphoric ester groups is 1. The lowest BCUT2D eigenvalue weighted by molar-refractivity contribution is -0.145. The molecule has 0 aromatic carbocycles. The summed E-state index contributed by atoms with van der Waals surface area (Å²) >= 11 is 0. The number of nitrogens with one attached hydrogen (secondary N) is 1. The van der Waals surface area contributed by atoms with Crippen LogP contribution in [0.15, 0.2) is 0 Å².